The first-order chi connectivity index (χ1) is 11.7. The molecule has 4 heteroatoms. The minimum atomic E-state index is 0.168. The van der Waals surface area contributed by atoms with Gasteiger partial charge >= 0.3 is 0 Å². The van der Waals surface area contributed by atoms with E-state index in [2.05, 4.69) is 12.1 Å². The molecule has 1 saturated heterocycles. The van der Waals surface area contributed by atoms with E-state index >= 15 is 0 Å². The van der Waals surface area contributed by atoms with Gasteiger partial charge in [-0.1, -0.05) is 24.3 Å². The molecule has 0 N–H and O–H groups in total. The maximum Gasteiger partial charge on any atom is 0.227 e. The van der Waals surface area contributed by atoms with E-state index in [0.717, 1.165) is 36.4 Å². The van der Waals surface area contributed by atoms with Gasteiger partial charge in [0, 0.05) is 6.54 Å². The Bertz CT molecular complexity index is 679. The normalized spacial score (nSPS) is 16.9. The van der Waals surface area contributed by atoms with Crippen molar-refractivity contribution in [3.8, 4) is 11.5 Å². The minimum Gasteiger partial charge on any atom is -0.497 e. The van der Waals surface area contributed by atoms with E-state index in [-0.39, 0.29) is 11.9 Å². The molecule has 3 rings (SSSR count). The number of likely N-dealkylation sites (tertiary alicyclic amines) is 1. The third-order valence-corrected chi connectivity index (χ3v) is 4.59. The van der Waals surface area contributed by atoms with E-state index < -0.39 is 0 Å². The number of amides is 1. The molecule has 2 aromatic rings. The molecule has 1 fully saturated rings. The topological polar surface area (TPSA) is 38.8 Å². The molecule has 126 valence electrons. The molecule has 1 heterocycles. The van der Waals surface area contributed by atoms with Crippen LogP contribution in [0.4, 0.5) is 0 Å². The van der Waals surface area contributed by atoms with Gasteiger partial charge in [-0.05, 0) is 48.2 Å². The number of carbonyl (C=O) groups is 1. The van der Waals surface area contributed by atoms with Crippen LogP contribution < -0.4 is 9.47 Å². The van der Waals surface area contributed by atoms with Crippen LogP contribution in [0.3, 0.4) is 0 Å². The number of rotatable bonds is 5. The number of benzene rings is 2. The maximum absolute atomic E-state index is 12.7. The summed E-state index contributed by atoms with van der Waals surface area (Å²) in [5, 5.41) is 0. The Morgan fingerprint density at radius 1 is 1.00 bits per heavy atom. The second-order valence-corrected chi connectivity index (χ2v) is 6.04. The van der Waals surface area contributed by atoms with Crippen molar-refractivity contribution >= 4 is 5.91 Å². The van der Waals surface area contributed by atoms with Crippen LogP contribution in [0.1, 0.15) is 30.0 Å². The summed E-state index contributed by atoms with van der Waals surface area (Å²) in [6.07, 6.45) is 2.49. The van der Waals surface area contributed by atoms with Gasteiger partial charge in [-0.15, -0.1) is 0 Å². The predicted octanol–water partition coefficient (Wildman–Crippen LogP) is 3.61. The number of hydrogen-bond donors (Lipinski definition) is 0. The summed E-state index contributed by atoms with van der Waals surface area (Å²) >= 11 is 0. The highest BCUT2D eigenvalue weighted by atomic mass is 16.5. The summed E-state index contributed by atoms with van der Waals surface area (Å²) < 4.78 is 10.4. The monoisotopic (exact) mass is 325 g/mol. The number of methoxy groups -OCH3 is 2. The van der Waals surface area contributed by atoms with Crippen molar-refractivity contribution in [3.63, 3.8) is 0 Å². The summed E-state index contributed by atoms with van der Waals surface area (Å²) in [5.41, 5.74) is 2.19. The van der Waals surface area contributed by atoms with Crippen LogP contribution in [0.5, 0.6) is 11.5 Å². The second kappa shape index (κ2) is 7.39. The second-order valence-electron chi connectivity index (χ2n) is 6.04. The molecule has 1 atom stereocenters. The van der Waals surface area contributed by atoms with Crippen LogP contribution in [0.2, 0.25) is 0 Å². The molecule has 0 radical (unpaired) electrons. The lowest BCUT2D eigenvalue weighted by Crippen LogP contribution is -2.31. The molecule has 1 aliphatic rings. The lowest BCUT2D eigenvalue weighted by atomic mass is 10.0. The van der Waals surface area contributed by atoms with Gasteiger partial charge in [0.05, 0.1) is 26.7 Å². The van der Waals surface area contributed by atoms with Crippen molar-refractivity contribution in [3.05, 3.63) is 59.7 Å². The zero-order chi connectivity index (χ0) is 16.9. The largest absolute Gasteiger partial charge is 0.497 e. The number of ether oxygens (including phenoxy) is 2. The molecule has 1 aliphatic heterocycles. The molecule has 0 unspecified atom stereocenters. The van der Waals surface area contributed by atoms with Crippen LogP contribution in [-0.2, 0) is 11.2 Å². The van der Waals surface area contributed by atoms with Gasteiger partial charge < -0.3 is 14.4 Å². The predicted molar refractivity (Wildman–Crippen MR) is 93.4 cm³/mol. The van der Waals surface area contributed by atoms with Crippen molar-refractivity contribution in [2.24, 2.45) is 0 Å². The van der Waals surface area contributed by atoms with Crippen molar-refractivity contribution in [1.29, 1.82) is 0 Å². The Labute approximate surface area is 143 Å². The molecular weight excluding hydrogens is 302 g/mol. The zero-order valence-corrected chi connectivity index (χ0v) is 14.2. The van der Waals surface area contributed by atoms with Crippen LogP contribution in [0, 0.1) is 0 Å². The average Bonchev–Trinajstić information content (AvgIpc) is 3.12. The summed E-state index contributed by atoms with van der Waals surface area (Å²) in [5.74, 6) is 1.83. The first kappa shape index (κ1) is 16.4. The molecule has 2 aromatic carbocycles. The van der Waals surface area contributed by atoms with Gasteiger partial charge in [-0.3, -0.25) is 4.79 Å². The smallest absolute Gasteiger partial charge is 0.227 e. The Balaban J connectivity index is 1.70. The summed E-state index contributed by atoms with van der Waals surface area (Å²) in [6, 6.07) is 15.9. The third kappa shape index (κ3) is 3.53. The number of carbonyl (C=O) groups excluding carboxylic acids is 1. The number of nitrogens with zero attached hydrogens (tertiary/aromatic N) is 1. The quantitative estimate of drug-likeness (QED) is 0.843. The third-order valence-electron chi connectivity index (χ3n) is 4.59. The van der Waals surface area contributed by atoms with Crippen LogP contribution in [0.25, 0.3) is 0 Å². The Hall–Kier alpha value is -2.49. The van der Waals surface area contributed by atoms with E-state index in [0.29, 0.717) is 6.42 Å². The molecular formula is C20H23NO3. The Morgan fingerprint density at radius 3 is 2.17 bits per heavy atom. The summed E-state index contributed by atoms with van der Waals surface area (Å²) in [7, 11) is 3.30. The molecule has 24 heavy (non-hydrogen) atoms. The van der Waals surface area contributed by atoms with Gasteiger partial charge in [0.2, 0.25) is 5.91 Å². The molecule has 1 amide bonds. The van der Waals surface area contributed by atoms with Crippen LogP contribution in [-0.4, -0.2) is 31.6 Å². The summed E-state index contributed by atoms with van der Waals surface area (Å²) in [6.45, 7) is 0.825. The van der Waals surface area contributed by atoms with Crippen LogP contribution >= 0.6 is 0 Å². The molecule has 0 saturated carbocycles. The van der Waals surface area contributed by atoms with Gasteiger partial charge in [-0.25, -0.2) is 0 Å². The van der Waals surface area contributed by atoms with Crippen molar-refractivity contribution < 1.29 is 14.3 Å². The van der Waals surface area contributed by atoms with E-state index in [1.807, 2.05) is 41.3 Å². The standard InChI is InChI=1S/C20H23NO3/c1-23-17-9-5-15(6-10-17)14-20(22)21-13-3-4-19(21)16-7-11-18(24-2)12-8-16/h5-12,19H,3-4,13-14H2,1-2H3/t19-/m0/s1. The molecule has 0 spiro atoms. The van der Waals surface area contributed by atoms with Crippen molar-refractivity contribution in [2.75, 3.05) is 20.8 Å². The van der Waals surface area contributed by atoms with E-state index in [1.54, 1.807) is 14.2 Å². The molecule has 4 nitrogen and oxygen atoms in total. The van der Waals surface area contributed by atoms with Gasteiger partial charge in [-0.2, -0.15) is 0 Å². The molecule has 0 bridgehead atoms. The first-order valence-electron chi connectivity index (χ1n) is 8.27. The van der Waals surface area contributed by atoms with E-state index in [1.165, 1.54) is 5.56 Å². The lowest BCUT2D eigenvalue weighted by molar-refractivity contribution is -0.131. The average molecular weight is 325 g/mol. The van der Waals surface area contributed by atoms with Gasteiger partial charge in [0.1, 0.15) is 11.5 Å². The van der Waals surface area contributed by atoms with Crippen molar-refractivity contribution in [2.45, 2.75) is 25.3 Å². The summed E-state index contributed by atoms with van der Waals surface area (Å²) in [4.78, 5) is 14.8. The highest BCUT2D eigenvalue weighted by Gasteiger charge is 2.29. The fraction of sp³-hybridized carbons (Fsp3) is 0.350. The van der Waals surface area contributed by atoms with Crippen molar-refractivity contribution in [1.82, 2.24) is 4.90 Å². The lowest BCUT2D eigenvalue weighted by Gasteiger charge is -2.25. The molecule has 0 aliphatic carbocycles. The van der Waals surface area contributed by atoms with E-state index in [4.69, 9.17) is 9.47 Å². The molecule has 0 aromatic heterocycles. The zero-order valence-electron chi connectivity index (χ0n) is 14.2. The maximum atomic E-state index is 12.7. The van der Waals surface area contributed by atoms with E-state index in [9.17, 15) is 4.79 Å². The minimum absolute atomic E-state index is 0.168. The Morgan fingerprint density at radius 2 is 1.58 bits per heavy atom. The van der Waals surface area contributed by atoms with Gasteiger partial charge in [0.25, 0.3) is 0 Å². The fourth-order valence-electron chi connectivity index (χ4n) is 3.26. The first-order valence-corrected chi connectivity index (χ1v) is 8.27. The SMILES string of the molecule is COc1ccc(CC(=O)N2CCC[C@H]2c2ccc(OC)cc2)cc1. The fourth-order valence-corrected chi connectivity index (χ4v) is 3.26. The van der Waals surface area contributed by atoms with Crippen LogP contribution in [0.15, 0.2) is 48.5 Å². The van der Waals surface area contributed by atoms with Gasteiger partial charge in [0.15, 0.2) is 0 Å². The number of hydrogen-bond acceptors (Lipinski definition) is 3. The highest BCUT2D eigenvalue weighted by Crippen LogP contribution is 2.33. The highest BCUT2D eigenvalue weighted by molar-refractivity contribution is 5.79. The Kier molecular flexibility index (Phi) is 5.04.